The van der Waals surface area contributed by atoms with E-state index in [0.717, 1.165) is 49.7 Å². The van der Waals surface area contributed by atoms with Gasteiger partial charge in [-0.05, 0) is 58.2 Å². The van der Waals surface area contributed by atoms with E-state index in [1.54, 1.807) is 7.11 Å². The molecule has 2 N–H and O–H groups in total. The second-order valence-electron chi connectivity index (χ2n) is 9.43. The molecule has 3 rings (SSSR count). The Morgan fingerprint density at radius 3 is 2.67 bits per heavy atom. The predicted molar refractivity (Wildman–Crippen MR) is 144 cm³/mol. The van der Waals surface area contributed by atoms with Crippen molar-refractivity contribution in [3.8, 4) is 5.75 Å². The second-order valence-corrected chi connectivity index (χ2v) is 9.43. The number of likely N-dealkylation sites (N-methyl/N-ethyl adjacent to an activating group) is 1. The summed E-state index contributed by atoms with van der Waals surface area (Å²) in [6.45, 7) is 7.76. The summed E-state index contributed by atoms with van der Waals surface area (Å²) >= 11 is 0. The van der Waals surface area contributed by atoms with Crippen LogP contribution in [0.25, 0.3) is 10.9 Å². The third kappa shape index (κ3) is 7.27. The standard InChI is InChI=1S/C26H40N4O5.ClH/c1-19(2)30(21-10-8-12-27-18-21)25(31)22-17-20-9-7-11-23(35-16-14-28(3)26(32)33)24(20)29(22)13-5-6-15-34-4;/h7,9,11,17,19,21,27H,5-6,8,10,12-16,18H2,1-4H3,(H,32,33);1H/t21-;/m1./s1. The van der Waals surface area contributed by atoms with Gasteiger partial charge in [-0.3, -0.25) is 4.79 Å². The lowest BCUT2D eigenvalue weighted by atomic mass is 10.0. The fraction of sp³-hybridized carbons (Fsp3) is 0.615. The lowest BCUT2D eigenvalue weighted by Gasteiger charge is -2.37. The zero-order valence-corrected chi connectivity index (χ0v) is 22.7. The highest BCUT2D eigenvalue weighted by Crippen LogP contribution is 2.31. The molecule has 2 aromatic rings. The van der Waals surface area contributed by atoms with Gasteiger partial charge in [0.15, 0.2) is 0 Å². The largest absolute Gasteiger partial charge is 0.490 e. The number of rotatable bonds is 12. The van der Waals surface area contributed by atoms with E-state index in [2.05, 4.69) is 23.7 Å². The van der Waals surface area contributed by atoms with E-state index in [0.29, 0.717) is 24.6 Å². The summed E-state index contributed by atoms with van der Waals surface area (Å²) in [5.41, 5.74) is 1.53. The van der Waals surface area contributed by atoms with Crippen molar-refractivity contribution in [1.29, 1.82) is 0 Å². The van der Waals surface area contributed by atoms with Gasteiger partial charge in [0.1, 0.15) is 18.1 Å². The predicted octanol–water partition coefficient (Wildman–Crippen LogP) is 4.08. The lowest BCUT2D eigenvalue weighted by molar-refractivity contribution is 0.0562. The van der Waals surface area contributed by atoms with Gasteiger partial charge in [-0.1, -0.05) is 12.1 Å². The number of nitrogens with one attached hydrogen (secondary N) is 1. The lowest BCUT2D eigenvalue weighted by Crippen LogP contribution is -2.52. The number of para-hydroxylation sites is 1. The van der Waals surface area contributed by atoms with Crippen molar-refractivity contribution < 1.29 is 24.2 Å². The van der Waals surface area contributed by atoms with Gasteiger partial charge >= 0.3 is 6.09 Å². The van der Waals surface area contributed by atoms with Crippen molar-refractivity contribution in [3.63, 3.8) is 0 Å². The van der Waals surface area contributed by atoms with Crippen LogP contribution in [0.3, 0.4) is 0 Å². The first-order valence-corrected chi connectivity index (χ1v) is 12.6. The van der Waals surface area contributed by atoms with Gasteiger partial charge in [0.2, 0.25) is 0 Å². The number of carboxylic acid groups (broad SMARTS) is 1. The molecule has 36 heavy (non-hydrogen) atoms. The topological polar surface area (TPSA) is 96.3 Å². The Morgan fingerprint density at radius 2 is 2.03 bits per heavy atom. The van der Waals surface area contributed by atoms with Crippen molar-refractivity contribution >= 4 is 35.3 Å². The molecule has 202 valence electrons. The van der Waals surface area contributed by atoms with Gasteiger partial charge in [-0.15, -0.1) is 12.4 Å². The highest BCUT2D eigenvalue weighted by atomic mass is 35.5. The number of ether oxygens (including phenoxy) is 2. The van der Waals surface area contributed by atoms with Crippen LogP contribution in [0.1, 0.15) is 50.0 Å². The summed E-state index contributed by atoms with van der Waals surface area (Å²) in [5.74, 6) is 0.690. The number of aromatic nitrogens is 1. The van der Waals surface area contributed by atoms with E-state index >= 15 is 0 Å². The molecule has 1 aromatic heterocycles. The van der Waals surface area contributed by atoms with Crippen LogP contribution in [0.4, 0.5) is 4.79 Å². The van der Waals surface area contributed by atoms with E-state index in [1.165, 1.54) is 11.9 Å². The fourth-order valence-corrected chi connectivity index (χ4v) is 4.75. The van der Waals surface area contributed by atoms with Crippen LogP contribution in [-0.2, 0) is 11.3 Å². The van der Waals surface area contributed by atoms with Crippen LogP contribution in [0.5, 0.6) is 5.75 Å². The number of aryl methyl sites for hydroxylation is 1. The van der Waals surface area contributed by atoms with Crippen LogP contribution in [0, 0.1) is 0 Å². The summed E-state index contributed by atoms with van der Waals surface area (Å²) in [4.78, 5) is 28.3. The van der Waals surface area contributed by atoms with Gasteiger partial charge in [0.25, 0.3) is 5.91 Å². The number of fused-ring (bicyclic) bond motifs is 1. The van der Waals surface area contributed by atoms with Crippen molar-refractivity contribution in [2.45, 2.75) is 58.2 Å². The molecule has 0 spiro atoms. The second kappa shape index (κ2) is 14.3. The number of carbonyl (C=O) groups is 2. The molecule has 10 heteroatoms. The van der Waals surface area contributed by atoms with E-state index in [-0.39, 0.29) is 43.5 Å². The number of amides is 2. The number of unbranched alkanes of at least 4 members (excludes halogenated alkanes) is 1. The Morgan fingerprint density at radius 1 is 1.25 bits per heavy atom. The quantitative estimate of drug-likeness (QED) is 0.406. The van der Waals surface area contributed by atoms with E-state index in [1.807, 2.05) is 29.2 Å². The maximum Gasteiger partial charge on any atom is 0.407 e. The van der Waals surface area contributed by atoms with Gasteiger partial charge in [-0.2, -0.15) is 0 Å². The number of nitrogens with zero attached hydrogens (tertiary/aromatic N) is 3. The van der Waals surface area contributed by atoms with Gasteiger partial charge in [-0.25, -0.2) is 4.79 Å². The van der Waals surface area contributed by atoms with Crippen LogP contribution < -0.4 is 10.1 Å². The highest BCUT2D eigenvalue weighted by Gasteiger charge is 2.31. The molecule has 1 aromatic carbocycles. The molecule has 0 aliphatic carbocycles. The smallest absolute Gasteiger partial charge is 0.407 e. The van der Waals surface area contributed by atoms with Crippen LogP contribution >= 0.6 is 12.4 Å². The first-order chi connectivity index (χ1) is 16.8. The van der Waals surface area contributed by atoms with Gasteiger partial charge < -0.3 is 34.3 Å². The Kier molecular flexibility index (Phi) is 11.8. The number of hydrogen-bond donors (Lipinski definition) is 2. The summed E-state index contributed by atoms with van der Waals surface area (Å²) in [6.07, 6.45) is 2.81. The van der Waals surface area contributed by atoms with Gasteiger partial charge in [0.05, 0.1) is 12.1 Å². The average molecular weight is 525 g/mol. The molecular weight excluding hydrogens is 484 g/mol. The third-order valence-electron chi connectivity index (χ3n) is 6.55. The maximum absolute atomic E-state index is 14.0. The van der Waals surface area contributed by atoms with Crippen molar-refractivity contribution in [2.24, 2.45) is 0 Å². The van der Waals surface area contributed by atoms with Crippen LogP contribution in [0.2, 0.25) is 0 Å². The summed E-state index contributed by atoms with van der Waals surface area (Å²) in [7, 11) is 3.21. The first kappa shape index (κ1) is 29.7. The number of hydrogen-bond acceptors (Lipinski definition) is 5. The normalized spacial score (nSPS) is 15.5. The molecule has 1 fully saturated rings. The van der Waals surface area contributed by atoms with Crippen molar-refractivity contribution in [2.75, 3.05) is 47.0 Å². The van der Waals surface area contributed by atoms with E-state index in [9.17, 15) is 9.59 Å². The molecule has 0 unspecified atom stereocenters. The minimum Gasteiger partial charge on any atom is -0.490 e. The monoisotopic (exact) mass is 524 g/mol. The first-order valence-electron chi connectivity index (χ1n) is 12.6. The molecule has 0 radical (unpaired) electrons. The van der Waals surface area contributed by atoms with Crippen molar-refractivity contribution in [3.05, 3.63) is 30.0 Å². The zero-order valence-electron chi connectivity index (χ0n) is 21.9. The number of benzene rings is 1. The third-order valence-corrected chi connectivity index (χ3v) is 6.55. The van der Waals surface area contributed by atoms with Crippen molar-refractivity contribution in [1.82, 2.24) is 19.7 Å². The Hall–Kier alpha value is -2.49. The number of piperidine rings is 1. The molecule has 1 aliphatic heterocycles. The average Bonchev–Trinajstić information content (AvgIpc) is 3.21. The zero-order chi connectivity index (χ0) is 25.4. The number of carbonyl (C=O) groups excluding carboxylic acids is 1. The summed E-state index contributed by atoms with van der Waals surface area (Å²) < 4.78 is 13.3. The SMILES string of the molecule is COCCCCn1c(C(=O)N(C(C)C)[C@@H]2CCCNC2)cc2cccc(OCCN(C)C(=O)O)c21.Cl. The minimum atomic E-state index is -0.993. The van der Waals surface area contributed by atoms with Gasteiger partial charge in [0, 0.05) is 51.3 Å². The fourth-order valence-electron chi connectivity index (χ4n) is 4.75. The highest BCUT2D eigenvalue weighted by molar-refractivity contribution is 6.00. The summed E-state index contributed by atoms with van der Waals surface area (Å²) in [5, 5.41) is 13.5. The molecule has 1 aliphatic rings. The molecule has 0 bridgehead atoms. The van der Waals surface area contributed by atoms with Crippen LogP contribution in [-0.4, -0.2) is 90.6 Å². The number of methoxy groups -OCH3 is 1. The molecular formula is C26H41ClN4O5. The van der Waals surface area contributed by atoms with Crippen LogP contribution in [0.15, 0.2) is 24.3 Å². The molecule has 2 heterocycles. The molecule has 0 saturated carbocycles. The Bertz CT molecular complexity index is 990. The Balaban J connectivity index is 0.00000456. The number of halogens is 1. The van der Waals surface area contributed by atoms with E-state index < -0.39 is 6.09 Å². The van der Waals surface area contributed by atoms with E-state index in [4.69, 9.17) is 14.6 Å². The molecule has 2 amide bonds. The minimum absolute atomic E-state index is 0. The molecule has 9 nitrogen and oxygen atoms in total. The molecule has 1 atom stereocenters. The molecule has 1 saturated heterocycles. The Labute approximate surface area is 220 Å². The summed E-state index contributed by atoms with van der Waals surface area (Å²) in [6, 6.07) is 8.00. The maximum atomic E-state index is 14.0.